The number of nitrogens with one attached hydrogen (secondary N) is 2. The average molecular weight is 284 g/mol. The van der Waals surface area contributed by atoms with E-state index in [1.807, 2.05) is 13.8 Å². The number of hydrogen-bond acceptors (Lipinski definition) is 4. The minimum absolute atomic E-state index is 0.0151. The molecule has 0 bridgehead atoms. The van der Waals surface area contributed by atoms with E-state index in [1.54, 1.807) is 0 Å². The Morgan fingerprint density at radius 3 is 1.60 bits per heavy atom. The smallest absolute Gasteiger partial charge is 0.408 e. The summed E-state index contributed by atoms with van der Waals surface area (Å²) >= 11 is 0. The Bertz CT molecular complexity index is 304. The normalized spacial score (nSPS) is 9.10. The molecule has 20 heavy (non-hydrogen) atoms. The Hall–Kier alpha value is -1.90. The van der Waals surface area contributed by atoms with Crippen LogP contribution in [0.3, 0.4) is 0 Å². The summed E-state index contributed by atoms with van der Waals surface area (Å²) in [6, 6.07) is 0. The van der Waals surface area contributed by atoms with E-state index >= 15 is 0 Å². The number of rotatable bonds is 8. The maximum atomic E-state index is 11.1. The second-order valence-corrected chi connectivity index (χ2v) is 4.07. The van der Waals surface area contributed by atoms with Crippen LogP contribution in [0.25, 0.3) is 0 Å². The number of alkyl carbamates (subject to hydrolysis) is 2. The minimum Gasteiger partial charge on any atom is -0.436 e. The van der Waals surface area contributed by atoms with Gasteiger partial charge in [-0.3, -0.25) is 0 Å². The van der Waals surface area contributed by atoms with Gasteiger partial charge in [0.05, 0.1) is 0 Å². The van der Waals surface area contributed by atoms with Crippen molar-refractivity contribution in [2.75, 3.05) is 26.3 Å². The SMILES string of the molecule is CCCCNC(=O)OCC#CCOC(=O)NCCCC. The molecular formula is C14H24N2O4. The van der Waals surface area contributed by atoms with E-state index in [2.05, 4.69) is 22.5 Å². The molecule has 114 valence electrons. The highest BCUT2D eigenvalue weighted by Gasteiger charge is 1.99. The fraction of sp³-hybridized carbons (Fsp3) is 0.714. The maximum Gasteiger partial charge on any atom is 0.408 e. The van der Waals surface area contributed by atoms with Gasteiger partial charge < -0.3 is 20.1 Å². The van der Waals surface area contributed by atoms with Gasteiger partial charge in [0, 0.05) is 13.1 Å². The van der Waals surface area contributed by atoms with Crippen LogP contribution in [0.4, 0.5) is 9.59 Å². The molecule has 0 aromatic rings. The average Bonchev–Trinajstić information content (AvgIpc) is 2.43. The van der Waals surface area contributed by atoms with Gasteiger partial charge in [-0.15, -0.1) is 0 Å². The molecule has 0 aliphatic carbocycles. The number of carbonyl (C=O) groups excluding carboxylic acids is 2. The first-order valence-electron chi connectivity index (χ1n) is 6.97. The van der Waals surface area contributed by atoms with E-state index in [9.17, 15) is 9.59 Å². The maximum absolute atomic E-state index is 11.1. The molecule has 0 heterocycles. The van der Waals surface area contributed by atoms with Crippen LogP contribution in [0.2, 0.25) is 0 Å². The number of ether oxygens (including phenoxy) is 2. The van der Waals surface area contributed by atoms with Crippen LogP contribution in [-0.4, -0.2) is 38.5 Å². The van der Waals surface area contributed by atoms with E-state index < -0.39 is 12.2 Å². The molecule has 0 saturated carbocycles. The topological polar surface area (TPSA) is 76.7 Å². The van der Waals surface area contributed by atoms with Crippen LogP contribution in [0.1, 0.15) is 39.5 Å². The van der Waals surface area contributed by atoms with E-state index in [1.165, 1.54) is 0 Å². The molecule has 0 rings (SSSR count). The number of unbranched alkanes of at least 4 members (excludes halogenated alkanes) is 2. The second kappa shape index (κ2) is 13.5. The molecule has 0 aromatic heterocycles. The largest absolute Gasteiger partial charge is 0.436 e. The quantitative estimate of drug-likeness (QED) is 0.528. The van der Waals surface area contributed by atoms with Crippen molar-refractivity contribution in [1.82, 2.24) is 10.6 Å². The standard InChI is InChI=1S/C14H24N2O4/c1-3-5-9-15-13(17)19-11-7-8-12-20-14(18)16-10-6-4-2/h3-6,9-12H2,1-2H3,(H,15,17)(H,16,18). The molecule has 6 heteroatoms. The summed E-state index contributed by atoms with van der Waals surface area (Å²) in [6.45, 7) is 5.25. The zero-order valence-electron chi connectivity index (χ0n) is 12.3. The monoisotopic (exact) mass is 284 g/mol. The van der Waals surface area contributed by atoms with Crippen molar-refractivity contribution in [2.45, 2.75) is 39.5 Å². The summed E-state index contributed by atoms with van der Waals surface area (Å²) in [4.78, 5) is 22.2. The lowest BCUT2D eigenvalue weighted by atomic mass is 10.3. The van der Waals surface area contributed by atoms with Gasteiger partial charge in [-0.25, -0.2) is 9.59 Å². The summed E-state index contributed by atoms with van der Waals surface area (Å²) in [5, 5.41) is 5.19. The summed E-state index contributed by atoms with van der Waals surface area (Å²) in [5.41, 5.74) is 0. The van der Waals surface area contributed by atoms with Crippen molar-refractivity contribution in [3.8, 4) is 11.8 Å². The molecule has 2 amide bonds. The first-order chi connectivity index (χ1) is 9.70. The molecule has 0 aliphatic rings. The van der Waals surface area contributed by atoms with Crippen LogP contribution in [0, 0.1) is 11.8 Å². The zero-order chi connectivity index (χ0) is 15.1. The van der Waals surface area contributed by atoms with Crippen molar-refractivity contribution in [1.29, 1.82) is 0 Å². The first-order valence-corrected chi connectivity index (χ1v) is 6.97. The molecule has 0 unspecified atom stereocenters. The van der Waals surface area contributed by atoms with Crippen LogP contribution < -0.4 is 10.6 Å². The number of amides is 2. The Balaban J connectivity index is 3.49. The molecule has 2 N–H and O–H groups in total. The highest BCUT2D eigenvalue weighted by Crippen LogP contribution is 1.85. The summed E-state index contributed by atoms with van der Waals surface area (Å²) in [5.74, 6) is 5.18. The van der Waals surface area contributed by atoms with Crippen molar-refractivity contribution < 1.29 is 19.1 Å². The molecule has 0 saturated heterocycles. The van der Waals surface area contributed by atoms with Gasteiger partial charge in [0.15, 0.2) is 13.2 Å². The molecule has 6 nitrogen and oxygen atoms in total. The Morgan fingerprint density at radius 2 is 1.25 bits per heavy atom. The molecule has 0 fully saturated rings. The van der Waals surface area contributed by atoms with E-state index in [-0.39, 0.29) is 13.2 Å². The fourth-order valence-corrected chi connectivity index (χ4v) is 1.14. The molecule has 0 radical (unpaired) electrons. The fourth-order valence-electron chi connectivity index (χ4n) is 1.14. The third-order valence-corrected chi connectivity index (χ3v) is 2.28. The third kappa shape index (κ3) is 12.6. The van der Waals surface area contributed by atoms with Crippen LogP contribution in [-0.2, 0) is 9.47 Å². The van der Waals surface area contributed by atoms with Crippen LogP contribution in [0.5, 0.6) is 0 Å². The van der Waals surface area contributed by atoms with Crippen molar-refractivity contribution in [2.24, 2.45) is 0 Å². The predicted molar refractivity (Wildman–Crippen MR) is 76.3 cm³/mol. The molecular weight excluding hydrogens is 260 g/mol. The van der Waals surface area contributed by atoms with Gasteiger partial charge >= 0.3 is 12.2 Å². The number of hydrogen-bond donors (Lipinski definition) is 2. The lowest BCUT2D eigenvalue weighted by Crippen LogP contribution is -2.25. The predicted octanol–water partition coefficient (Wildman–Crippen LogP) is 2.04. The van der Waals surface area contributed by atoms with E-state index in [0.717, 1.165) is 25.7 Å². The second-order valence-electron chi connectivity index (χ2n) is 4.07. The van der Waals surface area contributed by atoms with E-state index in [4.69, 9.17) is 9.47 Å². The Labute approximate surface area is 120 Å². The minimum atomic E-state index is -0.481. The van der Waals surface area contributed by atoms with Gasteiger partial charge in [0.1, 0.15) is 0 Å². The molecule has 0 atom stereocenters. The molecule has 0 aliphatic heterocycles. The van der Waals surface area contributed by atoms with Crippen LogP contribution >= 0.6 is 0 Å². The van der Waals surface area contributed by atoms with Gasteiger partial charge in [0.25, 0.3) is 0 Å². The van der Waals surface area contributed by atoms with Gasteiger partial charge in [-0.2, -0.15) is 0 Å². The zero-order valence-corrected chi connectivity index (χ0v) is 12.3. The van der Waals surface area contributed by atoms with Crippen molar-refractivity contribution >= 4 is 12.2 Å². The molecule has 0 aromatic carbocycles. The van der Waals surface area contributed by atoms with Crippen molar-refractivity contribution in [3.05, 3.63) is 0 Å². The molecule has 0 spiro atoms. The van der Waals surface area contributed by atoms with Gasteiger partial charge in [-0.05, 0) is 12.8 Å². The number of carbonyl (C=O) groups is 2. The lowest BCUT2D eigenvalue weighted by molar-refractivity contribution is 0.157. The third-order valence-electron chi connectivity index (χ3n) is 2.28. The van der Waals surface area contributed by atoms with Crippen molar-refractivity contribution in [3.63, 3.8) is 0 Å². The summed E-state index contributed by atoms with van der Waals surface area (Å²) in [7, 11) is 0. The van der Waals surface area contributed by atoms with Gasteiger partial charge in [0.2, 0.25) is 0 Å². The Morgan fingerprint density at radius 1 is 0.850 bits per heavy atom. The Kier molecular flexibility index (Phi) is 12.2. The first kappa shape index (κ1) is 18.1. The summed E-state index contributed by atoms with van der Waals surface area (Å²) < 4.78 is 9.59. The lowest BCUT2D eigenvalue weighted by Gasteiger charge is -2.03. The summed E-state index contributed by atoms with van der Waals surface area (Å²) in [6.07, 6.45) is 2.90. The highest BCUT2D eigenvalue weighted by molar-refractivity contribution is 5.67. The highest BCUT2D eigenvalue weighted by atomic mass is 16.6. The van der Waals surface area contributed by atoms with Gasteiger partial charge in [-0.1, -0.05) is 38.5 Å². The van der Waals surface area contributed by atoms with E-state index in [0.29, 0.717) is 13.1 Å². The van der Waals surface area contributed by atoms with Crippen LogP contribution in [0.15, 0.2) is 0 Å².